The molecule has 0 aromatic heterocycles. The summed E-state index contributed by atoms with van der Waals surface area (Å²) in [7, 11) is 2.48. The zero-order valence-corrected chi connectivity index (χ0v) is 29.4. The molecule has 0 saturated carbocycles. The van der Waals surface area contributed by atoms with Gasteiger partial charge in [0.2, 0.25) is 5.91 Å². The third-order valence-corrected chi connectivity index (χ3v) is 8.76. The van der Waals surface area contributed by atoms with Gasteiger partial charge in [-0.1, -0.05) is 78.9 Å². The van der Waals surface area contributed by atoms with Gasteiger partial charge in [-0.2, -0.15) is 11.8 Å². The molecule has 51 heavy (non-hydrogen) atoms. The maximum absolute atomic E-state index is 14.0. The third kappa shape index (κ3) is 10.7. The zero-order valence-electron chi connectivity index (χ0n) is 28.6. The number of hydrogen-bond acceptors (Lipinski definition) is 9. The average molecular weight is 712 g/mol. The summed E-state index contributed by atoms with van der Waals surface area (Å²) >= 11 is 1.52. The number of nitrogens with one attached hydrogen (secondary N) is 3. The van der Waals surface area contributed by atoms with Gasteiger partial charge < -0.3 is 30.5 Å². The number of carbonyl (C=O) groups is 5. The van der Waals surface area contributed by atoms with Crippen LogP contribution in [-0.2, 0) is 36.7 Å². The maximum Gasteiger partial charge on any atom is 0.328 e. The van der Waals surface area contributed by atoms with Crippen LogP contribution in [0.2, 0.25) is 0 Å². The van der Waals surface area contributed by atoms with Gasteiger partial charge >= 0.3 is 11.9 Å². The Hall–Kier alpha value is -5.62. The van der Waals surface area contributed by atoms with Crippen LogP contribution in [0.4, 0.5) is 0 Å². The quantitative estimate of drug-likeness (QED) is 0.124. The van der Waals surface area contributed by atoms with Gasteiger partial charge in [0.1, 0.15) is 23.9 Å². The topological polar surface area (TPSA) is 160 Å². The number of esters is 2. The van der Waals surface area contributed by atoms with Crippen LogP contribution < -0.4 is 16.0 Å². The molecule has 0 aliphatic carbocycles. The number of carbonyl (C=O) groups excluding carboxylic acids is 5. The number of benzene rings is 4. The van der Waals surface area contributed by atoms with Gasteiger partial charge in [0.15, 0.2) is 0 Å². The fourth-order valence-electron chi connectivity index (χ4n) is 5.47. The molecule has 12 heteroatoms. The lowest BCUT2D eigenvalue weighted by molar-refractivity contribution is -0.145. The van der Waals surface area contributed by atoms with E-state index in [4.69, 9.17) is 9.47 Å². The predicted octanol–water partition coefficient (Wildman–Crippen LogP) is 4.33. The fraction of sp³-hybridized carbons (Fsp3) is 0.256. The van der Waals surface area contributed by atoms with Gasteiger partial charge in [0.05, 0.1) is 14.2 Å². The molecule has 0 bridgehead atoms. The van der Waals surface area contributed by atoms with E-state index in [2.05, 4.69) is 16.0 Å². The van der Waals surface area contributed by atoms with Crippen molar-refractivity contribution in [3.63, 3.8) is 0 Å². The van der Waals surface area contributed by atoms with Crippen molar-refractivity contribution in [3.8, 4) is 16.9 Å². The largest absolute Gasteiger partial charge is 0.508 e. The van der Waals surface area contributed by atoms with E-state index in [9.17, 15) is 29.1 Å². The van der Waals surface area contributed by atoms with Crippen molar-refractivity contribution in [2.75, 3.05) is 26.2 Å². The average Bonchev–Trinajstić information content (AvgIpc) is 3.16. The highest BCUT2D eigenvalue weighted by molar-refractivity contribution is 7.98. The van der Waals surface area contributed by atoms with Crippen LogP contribution in [0.25, 0.3) is 11.1 Å². The van der Waals surface area contributed by atoms with Crippen LogP contribution >= 0.6 is 11.8 Å². The molecule has 0 saturated heterocycles. The van der Waals surface area contributed by atoms with E-state index in [1.165, 1.54) is 38.1 Å². The second kappa shape index (κ2) is 19.0. The molecular formula is C39H41N3O8S. The molecule has 1 unspecified atom stereocenters. The fourth-order valence-corrected chi connectivity index (χ4v) is 5.94. The first-order valence-electron chi connectivity index (χ1n) is 16.2. The van der Waals surface area contributed by atoms with E-state index >= 15 is 0 Å². The standard InChI is InChI=1S/C39H41N3O8S/c1-49-38(47)32(21-22-51-3)40-37(46)33(23-25-11-5-4-6-12-25)41-35(44)30-15-9-7-13-28(30)29-14-8-10-16-31(29)36(45)42-34(39(48)50-2)24-26-17-19-27(43)20-18-26/h4-20,32-34,43H,21-24H2,1-3H3,(H,40,46)(H,41,44)(H,42,45)/t32?,33-,34-/m0/s1. The monoisotopic (exact) mass is 711 g/mol. The van der Waals surface area contributed by atoms with Crippen molar-refractivity contribution < 1.29 is 38.6 Å². The minimum Gasteiger partial charge on any atom is -0.508 e. The minimum atomic E-state index is -1.06. The number of phenolic OH excluding ortho intramolecular Hbond substituents is 1. The molecule has 11 nitrogen and oxygen atoms in total. The summed E-state index contributed by atoms with van der Waals surface area (Å²) in [6.45, 7) is 0. The second-order valence-corrected chi connectivity index (χ2v) is 12.6. The highest BCUT2D eigenvalue weighted by Gasteiger charge is 2.29. The molecule has 3 amide bonds. The minimum absolute atomic E-state index is 0.0672. The number of amides is 3. The molecule has 0 heterocycles. The molecule has 4 aromatic carbocycles. The van der Waals surface area contributed by atoms with Crippen molar-refractivity contribution in [2.45, 2.75) is 37.4 Å². The van der Waals surface area contributed by atoms with Gasteiger partial charge in [0, 0.05) is 24.0 Å². The number of ether oxygens (including phenoxy) is 2. The first-order valence-corrected chi connectivity index (χ1v) is 17.6. The summed E-state index contributed by atoms with van der Waals surface area (Å²) in [6, 6.07) is 25.8. The molecule has 266 valence electrons. The summed E-state index contributed by atoms with van der Waals surface area (Å²) in [5, 5.41) is 18.0. The molecule has 0 fully saturated rings. The Morgan fingerprint density at radius 1 is 0.608 bits per heavy atom. The Morgan fingerprint density at radius 3 is 1.63 bits per heavy atom. The number of hydrogen-bond donors (Lipinski definition) is 4. The first kappa shape index (κ1) is 38.2. The third-order valence-electron chi connectivity index (χ3n) is 8.12. The Labute approximate surface area is 301 Å². The Morgan fingerprint density at radius 2 is 1.08 bits per heavy atom. The van der Waals surface area contributed by atoms with E-state index in [-0.39, 0.29) is 29.7 Å². The number of aromatic hydroxyl groups is 1. The van der Waals surface area contributed by atoms with Gasteiger partial charge in [-0.05, 0) is 64.9 Å². The van der Waals surface area contributed by atoms with E-state index in [0.29, 0.717) is 28.9 Å². The lowest BCUT2D eigenvalue weighted by Crippen LogP contribution is -2.52. The van der Waals surface area contributed by atoms with E-state index in [1.54, 1.807) is 60.7 Å². The van der Waals surface area contributed by atoms with Gasteiger partial charge in [-0.15, -0.1) is 0 Å². The van der Waals surface area contributed by atoms with E-state index < -0.39 is 47.8 Å². The van der Waals surface area contributed by atoms with E-state index in [0.717, 1.165) is 5.56 Å². The molecule has 0 aliphatic heterocycles. The van der Waals surface area contributed by atoms with Gasteiger partial charge in [-0.25, -0.2) is 9.59 Å². The highest BCUT2D eigenvalue weighted by atomic mass is 32.2. The molecule has 4 N–H and O–H groups in total. The van der Waals surface area contributed by atoms with Crippen LogP contribution in [0.1, 0.15) is 38.3 Å². The molecule has 3 atom stereocenters. The van der Waals surface area contributed by atoms with Crippen LogP contribution in [0.15, 0.2) is 103 Å². The lowest BCUT2D eigenvalue weighted by atomic mass is 9.94. The van der Waals surface area contributed by atoms with Crippen LogP contribution in [0, 0.1) is 0 Å². The summed E-state index contributed by atoms with van der Waals surface area (Å²) in [5.41, 5.74) is 2.71. The molecule has 4 rings (SSSR count). The smallest absolute Gasteiger partial charge is 0.328 e. The molecule has 4 aromatic rings. The molecule has 0 radical (unpaired) electrons. The van der Waals surface area contributed by atoms with Gasteiger partial charge in [-0.3, -0.25) is 14.4 Å². The number of thioether (sulfide) groups is 1. The Bertz CT molecular complexity index is 1820. The second-order valence-electron chi connectivity index (χ2n) is 11.6. The van der Waals surface area contributed by atoms with Crippen molar-refractivity contribution in [3.05, 3.63) is 125 Å². The van der Waals surface area contributed by atoms with Crippen LogP contribution in [0.5, 0.6) is 5.75 Å². The Kier molecular flexibility index (Phi) is 14.2. The summed E-state index contributed by atoms with van der Waals surface area (Å²) < 4.78 is 9.87. The van der Waals surface area contributed by atoms with Gasteiger partial charge in [0.25, 0.3) is 11.8 Å². The number of methoxy groups -OCH3 is 2. The molecular weight excluding hydrogens is 671 g/mol. The summed E-state index contributed by atoms with van der Waals surface area (Å²) in [4.78, 5) is 66.7. The Balaban J connectivity index is 1.63. The van der Waals surface area contributed by atoms with Crippen molar-refractivity contribution in [2.24, 2.45) is 0 Å². The molecule has 0 spiro atoms. The van der Waals surface area contributed by atoms with Crippen molar-refractivity contribution >= 4 is 41.4 Å². The lowest BCUT2D eigenvalue weighted by Gasteiger charge is -2.23. The van der Waals surface area contributed by atoms with Crippen molar-refractivity contribution in [1.82, 2.24) is 16.0 Å². The predicted molar refractivity (Wildman–Crippen MR) is 195 cm³/mol. The number of phenols is 1. The van der Waals surface area contributed by atoms with Crippen molar-refractivity contribution in [1.29, 1.82) is 0 Å². The summed E-state index contributed by atoms with van der Waals surface area (Å²) in [5.74, 6) is -2.26. The van der Waals surface area contributed by atoms with Crippen LogP contribution in [0.3, 0.4) is 0 Å². The zero-order chi connectivity index (χ0) is 36.8. The number of rotatable bonds is 16. The summed E-state index contributed by atoms with van der Waals surface area (Å²) in [6.07, 6.45) is 2.49. The maximum atomic E-state index is 14.0. The molecule has 0 aliphatic rings. The normalized spacial score (nSPS) is 12.5. The highest BCUT2D eigenvalue weighted by Crippen LogP contribution is 2.28. The van der Waals surface area contributed by atoms with E-state index in [1.807, 2.05) is 36.6 Å². The van der Waals surface area contributed by atoms with Crippen LogP contribution in [-0.4, -0.2) is 79.1 Å². The first-order chi connectivity index (χ1) is 24.6. The SMILES string of the molecule is COC(=O)C(CCSC)NC(=O)[C@H](Cc1ccccc1)NC(=O)c1ccccc1-c1ccccc1C(=O)N[C@@H](Cc1ccc(O)cc1)C(=O)OC.